The summed E-state index contributed by atoms with van der Waals surface area (Å²) in [6.07, 6.45) is 1.02. The van der Waals surface area contributed by atoms with Crippen LogP contribution in [0.3, 0.4) is 0 Å². The quantitative estimate of drug-likeness (QED) is 0.527. The normalized spacial score (nSPS) is 12.7. The summed E-state index contributed by atoms with van der Waals surface area (Å²) in [6.45, 7) is 7.28. The molecule has 0 aliphatic carbocycles. The summed E-state index contributed by atoms with van der Waals surface area (Å²) < 4.78 is 52.5. The van der Waals surface area contributed by atoms with E-state index in [9.17, 15) is 26.8 Å². The predicted octanol–water partition coefficient (Wildman–Crippen LogP) is 3.84. The Morgan fingerprint density at radius 1 is 1.03 bits per heavy atom. The molecule has 0 heterocycles. The molecule has 1 N–H and O–H groups in total. The van der Waals surface area contributed by atoms with E-state index in [0.29, 0.717) is 0 Å². The smallest absolute Gasteiger partial charge is 0.242 e. The average molecular weight is 510 g/mol. The molecule has 10 heteroatoms. The van der Waals surface area contributed by atoms with E-state index in [-0.39, 0.29) is 43.4 Å². The van der Waals surface area contributed by atoms with Crippen molar-refractivity contribution in [3.8, 4) is 0 Å². The van der Waals surface area contributed by atoms with E-state index in [2.05, 4.69) is 5.32 Å². The van der Waals surface area contributed by atoms with Crippen molar-refractivity contribution in [1.29, 1.82) is 0 Å². The van der Waals surface area contributed by atoms with E-state index in [1.54, 1.807) is 6.92 Å². The van der Waals surface area contributed by atoms with Gasteiger partial charge in [0.25, 0.3) is 0 Å². The number of hydrogen-bond acceptors (Lipinski definition) is 4. The molecule has 0 radical (unpaired) electrons. The average Bonchev–Trinajstić information content (AvgIpc) is 2.75. The van der Waals surface area contributed by atoms with Crippen molar-refractivity contribution in [1.82, 2.24) is 10.2 Å². The lowest BCUT2D eigenvalue weighted by atomic mass is 10.1. The van der Waals surface area contributed by atoms with Crippen molar-refractivity contribution in [3.63, 3.8) is 0 Å². The second-order valence-corrected chi connectivity index (χ2v) is 11.4. The summed E-state index contributed by atoms with van der Waals surface area (Å²) >= 11 is 0. The standard InChI is InChI=1S/C25H33F2N3O4S/c1-18(24(32)28-25(2,3)4)29(17-19-10-7-6-8-11-19)23(31)12-9-15-30(35(5,33)34)20-13-14-21(26)22(27)16-20/h6-8,10-11,13-14,16,18H,9,12,15,17H2,1-5H3,(H,28,32)/t18-/m0/s1. The Bertz CT molecular complexity index is 1140. The molecule has 0 saturated carbocycles. The van der Waals surface area contributed by atoms with Gasteiger partial charge in [0.05, 0.1) is 11.9 Å². The van der Waals surface area contributed by atoms with Crippen LogP contribution < -0.4 is 9.62 Å². The molecule has 192 valence electrons. The van der Waals surface area contributed by atoms with Crippen LogP contribution in [0.5, 0.6) is 0 Å². The van der Waals surface area contributed by atoms with Gasteiger partial charge in [-0.2, -0.15) is 0 Å². The molecule has 0 aromatic heterocycles. The number of carbonyl (C=O) groups excluding carboxylic acids is 2. The Kier molecular flexibility index (Phi) is 9.37. The molecule has 2 aromatic carbocycles. The number of hydrogen-bond donors (Lipinski definition) is 1. The molecule has 2 amide bonds. The van der Waals surface area contributed by atoms with Gasteiger partial charge in [0.15, 0.2) is 11.6 Å². The monoisotopic (exact) mass is 509 g/mol. The summed E-state index contributed by atoms with van der Waals surface area (Å²) in [4.78, 5) is 27.4. The van der Waals surface area contributed by atoms with Crippen molar-refractivity contribution in [3.05, 3.63) is 65.7 Å². The van der Waals surface area contributed by atoms with Crippen LogP contribution in [-0.2, 0) is 26.2 Å². The lowest BCUT2D eigenvalue weighted by Crippen LogP contribution is -2.52. The zero-order valence-electron chi connectivity index (χ0n) is 20.7. The fourth-order valence-corrected chi connectivity index (χ4v) is 4.44. The third-order valence-electron chi connectivity index (χ3n) is 5.20. The Hall–Kier alpha value is -3.01. The maximum Gasteiger partial charge on any atom is 0.242 e. The van der Waals surface area contributed by atoms with Crippen LogP contribution >= 0.6 is 0 Å². The second kappa shape index (κ2) is 11.6. The van der Waals surface area contributed by atoms with Gasteiger partial charge in [-0.15, -0.1) is 0 Å². The SMILES string of the molecule is C[C@@H](C(=O)NC(C)(C)C)N(Cc1ccccc1)C(=O)CCCN(c1ccc(F)c(F)c1)S(C)(=O)=O. The number of nitrogens with zero attached hydrogens (tertiary/aromatic N) is 2. The fourth-order valence-electron chi connectivity index (χ4n) is 3.48. The van der Waals surface area contributed by atoms with E-state index in [4.69, 9.17) is 0 Å². The van der Waals surface area contributed by atoms with Crippen LogP contribution in [0.2, 0.25) is 0 Å². The molecule has 35 heavy (non-hydrogen) atoms. The zero-order valence-corrected chi connectivity index (χ0v) is 21.5. The molecule has 0 unspecified atom stereocenters. The minimum Gasteiger partial charge on any atom is -0.350 e. The maximum atomic E-state index is 13.7. The molecule has 0 saturated heterocycles. The van der Waals surface area contributed by atoms with Gasteiger partial charge in [-0.05, 0) is 51.8 Å². The molecule has 0 bridgehead atoms. The summed E-state index contributed by atoms with van der Waals surface area (Å²) in [7, 11) is -3.81. The van der Waals surface area contributed by atoms with Crippen molar-refractivity contribution in [2.45, 2.75) is 58.7 Å². The van der Waals surface area contributed by atoms with Crippen LogP contribution in [0, 0.1) is 11.6 Å². The van der Waals surface area contributed by atoms with E-state index >= 15 is 0 Å². The first-order valence-corrected chi connectivity index (χ1v) is 13.1. The van der Waals surface area contributed by atoms with E-state index < -0.39 is 33.2 Å². The van der Waals surface area contributed by atoms with E-state index in [1.165, 1.54) is 11.0 Å². The Labute approximate surface area is 206 Å². The molecular weight excluding hydrogens is 476 g/mol. The lowest BCUT2D eigenvalue weighted by Gasteiger charge is -2.32. The minimum absolute atomic E-state index is 0.0297. The van der Waals surface area contributed by atoms with Gasteiger partial charge < -0.3 is 10.2 Å². The lowest BCUT2D eigenvalue weighted by molar-refractivity contribution is -0.141. The van der Waals surface area contributed by atoms with Crippen LogP contribution in [0.15, 0.2) is 48.5 Å². The van der Waals surface area contributed by atoms with Crippen molar-refractivity contribution in [2.24, 2.45) is 0 Å². The van der Waals surface area contributed by atoms with Crippen LogP contribution in [-0.4, -0.2) is 49.5 Å². The number of anilines is 1. The molecule has 2 aromatic rings. The van der Waals surface area contributed by atoms with Crippen molar-refractivity contribution < 1.29 is 26.8 Å². The van der Waals surface area contributed by atoms with Gasteiger partial charge in [0.1, 0.15) is 6.04 Å². The highest BCUT2D eigenvalue weighted by molar-refractivity contribution is 7.92. The van der Waals surface area contributed by atoms with Gasteiger partial charge in [0.2, 0.25) is 21.8 Å². The number of amides is 2. The molecule has 2 rings (SSSR count). The molecule has 0 aliphatic rings. The Morgan fingerprint density at radius 2 is 1.66 bits per heavy atom. The fraction of sp³-hybridized carbons (Fsp3) is 0.440. The molecule has 1 atom stereocenters. The molecule has 7 nitrogen and oxygen atoms in total. The third kappa shape index (κ3) is 8.61. The third-order valence-corrected chi connectivity index (χ3v) is 6.40. The van der Waals surface area contributed by atoms with Crippen LogP contribution in [0.1, 0.15) is 46.1 Å². The largest absolute Gasteiger partial charge is 0.350 e. The van der Waals surface area contributed by atoms with Crippen molar-refractivity contribution in [2.75, 3.05) is 17.1 Å². The zero-order chi connectivity index (χ0) is 26.4. The first-order valence-electron chi connectivity index (χ1n) is 11.3. The van der Waals surface area contributed by atoms with E-state index in [0.717, 1.165) is 28.3 Å². The number of sulfonamides is 1. The predicted molar refractivity (Wildman–Crippen MR) is 132 cm³/mol. The number of rotatable bonds is 10. The number of benzene rings is 2. The molecule has 0 fully saturated rings. The highest BCUT2D eigenvalue weighted by Gasteiger charge is 2.28. The van der Waals surface area contributed by atoms with E-state index in [1.807, 2.05) is 51.1 Å². The van der Waals surface area contributed by atoms with Gasteiger partial charge in [0, 0.05) is 31.1 Å². The van der Waals surface area contributed by atoms with Gasteiger partial charge in [-0.1, -0.05) is 30.3 Å². The van der Waals surface area contributed by atoms with Crippen molar-refractivity contribution >= 4 is 27.5 Å². The second-order valence-electron chi connectivity index (χ2n) is 9.46. The van der Waals surface area contributed by atoms with Gasteiger partial charge in [-0.3, -0.25) is 13.9 Å². The number of carbonyl (C=O) groups is 2. The maximum absolute atomic E-state index is 13.7. The summed E-state index contributed by atoms with van der Waals surface area (Å²) in [5.74, 6) is -2.89. The summed E-state index contributed by atoms with van der Waals surface area (Å²) in [5.41, 5.74) is 0.335. The Morgan fingerprint density at radius 3 is 2.20 bits per heavy atom. The van der Waals surface area contributed by atoms with Gasteiger partial charge in [-0.25, -0.2) is 17.2 Å². The molecular formula is C25H33F2N3O4S. The topological polar surface area (TPSA) is 86.8 Å². The number of halogens is 2. The van der Waals surface area contributed by atoms with Crippen LogP contribution in [0.25, 0.3) is 0 Å². The summed E-state index contributed by atoms with van der Waals surface area (Å²) in [6, 6.07) is 11.3. The number of nitrogens with one attached hydrogen (secondary N) is 1. The van der Waals surface area contributed by atoms with Gasteiger partial charge >= 0.3 is 0 Å². The first kappa shape index (κ1) is 28.2. The summed E-state index contributed by atoms with van der Waals surface area (Å²) in [5, 5.41) is 2.88. The molecule has 0 spiro atoms. The Balaban J connectivity index is 2.18. The first-order chi connectivity index (χ1) is 16.2. The highest BCUT2D eigenvalue weighted by atomic mass is 32.2. The minimum atomic E-state index is -3.81. The molecule has 0 aliphatic heterocycles. The van der Waals surface area contributed by atoms with Crippen LogP contribution in [0.4, 0.5) is 14.5 Å². The highest BCUT2D eigenvalue weighted by Crippen LogP contribution is 2.21.